The molecular weight excluding hydrogens is 393 g/mol. The summed E-state index contributed by atoms with van der Waals surface area (Å²) in [5.74, 6) is -0.754. The summed E-state index contributed by atoms with van der Waals surface area (Å²) in [6.45, 7) is -0.269. The number of para-hydroxylation sites is 1. The number of hydrogen-bond donors (Lipinski definition) is 1. The summed E-state index contributed by atoms with van der Waals surface area (Å²) in [7, 11) is 0. The fourth-order valence-electron chi connectivity index (χ4n) is 2.11. The minimum absolute atomic E-state index is 0.221. The van der Waals surface area contributed by atoms with Crippen LogP contribution in [0.15, 0.2) is 54.6 Å². The van der Waals surface area contributed by atoms with E-state index in [1.54, 1.807) is 18.2 Å². The van der Waals surface area contributed by atoms with Gasteiger partial charge in [0, 0.05) is 20.0 Å². The second-order valence-corrected chi connectivity index (χ2v) is 6.02. The molecule has 0 aliphatic carbocycles. The molecule has 110 valence electrons. The first kappa shape index (κ1) is 14.8. The summed E-state index contributed by atoms with van der Waals surface area (Å²) >= 11 is 2.17. The molecule has 0 spiro atoms. The number of nitrogens with one attached hydrogen (secondary N) is 1. The topological polar surface area (TPSA) is 59.2 Å². The van der Waals surface area contributed by atoms with Crippen molar-refractivity contribution < 1.29 is 14.3 Å². The van der Waals surface area contributed by atoms with E-state index in [1.165, 1.54) is 0 Å². The minimum Gasteiger partial charge on any atom is -0.453 e. The van der Waals surface area contributed by atoms with Gasteiger partial charge < -0.3 is 9.72 Å². The van der Waals surface area contributed by atoms with Crippen LogP contribution in [0, 0.1) is 3.57 Å². The van der Waals surface area contributed by atoms with Crippen LogP contribution >= 0.6 is 22.6 Å². The van der Waals surface area contributed by atoms with Gasteiger partial charge in [-0.05, 0) is 46.9 Å². The molecule has 22 heavy (non-hydrogen) atoms. The number of halogens is 1. The predicted octanol–water partition coefficient (Wildman–Crippen LogP) is 3.81. The van der Waals surface area contributed by atoms with E-state index in [0.717, 1.165) is 14.5 Å². The fourth-order valence-corrected chi connectivity index (χ4v) is 2.47. The molecule has 4 nitrogen and oxygen atoms in total. The summed E-state index contributed by atoms with van der Waals surface area (Å²) in [6.07, 6.45) is 0. The number of benzene rings is 2. The number of Topliss-reactive ketones (excluding diaryl/α,β-unsaturated/α-hetero) is 1. The van der Waals surface area contributed by atoms with Crippen LogP contribution in [0.1, 0.15) is 20.8 Å². The Bertz CT molecular complexity index is 803. The summed E-state index contributed by atoms with van der Waals surface area (Å²) in [4.78, 5) is 27.0. The lowest BCUT2D eigenvalue weighted by Crippen LogP contribution is -2.14. The van der Waals surface area contributed by atoms with Crippen LogP contribution < -0.4 is 0 Å². The molecule has 0 saturated heterocycles. The Balaban J connectivity index is 1.66. The van der Waals surface area contributed by atoms with Crippen molar-refractivity contribution in [1.29, 1.82) is 0 Å². The van der Waals surface area contributed by atoms with E-state index in [4.69, 9.17) is 4.74 Å². The van der Waals surface area contributed by atoms with Gasteiger partial charge in [0.05, 0.1) is 0 Å². The summed E-state index contributed by atoms with van der Waals surface area (Å²) < 4.78 is 6.13. The molecule has 5 heteroatoms. The van der Waals surface area contributed by atoms with Crippen LogP contribution in [0.4, 0.5) is 0 Å². The van der Waals surface area contributed by atoms with Gasteiger partial charge in [-0.2, -0.15) is 0 Å². The molecular formula is C17H12INO3. The number of carbonyl (C=O) groups is 2. The number of esters is 1. The van der Waals surface area contributed by atoms with Crippen molar-refractivity contribution in [1.82, 2.24) is 4.98 Å². The van der Waals surface area contributed by atoms with Crippen molar-refractivity contribution in [3.05, 3.63) is 69.4 Å². The Kier molecular flexibility index (Phi) is 4.24. The molecule has 0 unspecified atom stereocenters. The van der Waals surface area contributed by atoms with Gasteiger partial charge in [-0.3, -0.25) is 4.79 Å². The van der Waals surface area contributed by atoms with E-state index >= 15 is 0 Å². The van der Waals surface area contributed by atoms with Gasteiger partial charge in [0.15, 0.2) is 12.4 Å². The number of aromatic nitrogens is 1. The Morgan fingerprint density at radius 2 is 1.77 bits per heavy atom. The molecule has 3 aromatic rings. The average molecular weight is 405 g/mol. The zero-order valence-electron chi connectivity index (χ0n) is 11.5. The molecule has 2 aromatic carbocycles. The van der Waals surface area contributed by atoms with E-state index in [9.17, 15) is 9.59 Å². The maximum Gasteiger partial charge on any atom is 0.355 e. The molecule has 0 fully saturated rings. The Labute approximate surface area is 140 Å². The second-order valence-electron chi connectivity index (χ2n) is 4.78. The maximum absolute atomic E-state index is 12.0. The van der Waals surface area contributed by atoms with Crippen molar-refractivity contribution in [2.75, 3.05) is 6.61 Å². The molecule has 1 aromatic heterocycles. The SMILES string of the molecule is O=C(COC(=O)c1cc2ccccc2[nH]1)c1ccc(I)cc1. The highest BCUT2D eigenvalue weighted by atomic mass is 127. The largest absolute Gasteiger partial charge is 0.453 e. The van der Waals surface area contributed by atoms with Gasteiger partial charge >= 0.3 is 5.97 Å². The van der Waals surface area contributed by atoms with Gasteiger partial charge in [-0.15, -0.1) is 0 Å². The zero-order valence-corrected chi connectivity index (χ0v) is 13.7. The number of rotatable bonds is 4. The van der Waals surface area contributed by atoms with Gasteiger partial charge in [-0.25, -0.2) is 4.79 Å². The third-order valence-electron chi connectivity index (χ3n) is 3.25. The number of H-pyrrole nitrogens is 1. The quantitative estimate of drug-likeness (QED) is 0.408. The first-order valence-electron chi connectivity index (χ1n) is 6.67. The van der Waals surface area contributed by atoms with Crippen LogP contribution in [0.25, 0.3) is 10.9 Å². The lowest BCUT2D eigenvalue weighted by atomic mass is 10.1. The number of hydrogen-bond acceptors (Lipinski definition) is 3. The molecule has 1 heterocycles. The molecule has 0 aliphatic heterocycles. The van der Waals surface area contributed by atoms with E-state index in [2.05, 4.69) is 27.6 Å². The number of carbonyl (C=O) groups excluding carboxylic acids is 2. The first-order valence-corrected chi connectivity index (χ1v) is 7.75. The predicted molar refractivity (Wildman–Crippen MR) is 92.1 cm³/mol. The highest BCUT2D eigenvalue weighted by molar-refractivity contribution is 14.1. The lowest BCUT2D eigenvalue weighted by Gasteiger charge is -2.03. The third-order valence-corrected chi connectivity index (χ3v) is 3.97. The fraction of sp³-hybridized carbons (Fsp3) is 0.0588. The highest BCUT2D eigenvalue weighted by Crippen LogP contribution is 2.15. The third kappa shape index (κ3) is 3.19. The Morgan fingerprint density at radius 1 is 1.05 bits per heavy atom. The zero-order chi connectivity index (χ0) is 15.5. The maximum atomic E-state index is 12.0. The van der Waals surface area contributed by atoms with E-state index < -0.39 is 5.97 Å². The molecule has 0 atom stereocenters. The van der Waals surface area contributed by atoms with Crippen molar-refractivity contribution in [3.63, 3.8) is 0 Å². The number of fused-ring (bicyclic) bond motifs is 1. The lowest BCUT2D eigenvalue weighted by molar-refractivity contribution is 0.0470. The molecule has 0 radical (unpaired) electrons. The van der Waals surface area contributed by atoms with Gasteiger partial charge in [0.1, 0.15) is 5.69 Å². The molecule has 0 saturated carbocycles. The Morgan fingerprint density at radius 3 is 2.50 bits per heavy atom. The van der Waals surface area contributed by atoms with Gasteiger partial charge in [0.2, 0.25) is 0 Å². The normalized spacial score (nSPS) is 10.6. The van der Waals surface area contributed by atoms with Crippen LogP contribution in [0.5, 0.6) is 0 Å². The monoisotopic (exact) mass is 405 g/mol. The standard InChI is InChI=1S/C17H12INO3/c18-13-7-5-11(6-8-13)16(20)10-22-17(21)15-9-12-3-1-2-4-14(12)19-15/h1-9,19H,10H2. The van der Waals surface area contributed by atoms with Crippen molar-refractivity contribution in [2.24, 2.45) is 0 Å². The van der Waals surface area contributed by atoms with Gasteiger partial charge in [-0.1, -0.05) is 30.3 Å². The van der Waals surface area contributed by atoms with E-state index in [-0.39, 0.29) is 12.4 Å². The van der Waals surface area contributed by atoms with Crippen LogP contribution in [0.2, 0.25) is 0 Å². The molecule has 1 N–H and O–H groups in total. The number of ketones is 1. The Hall–Kier alpha value is -2.15. The van der Waals surface area contributed by atoms with Crippen molar-refractivity contribution in [2.45, 2.75) is 0 Å². The smallest absolute Gasteiger partial charge is 0.355 e. The summed E-state index contributed by atoms with van der Waals surface area (Å²) in [6, 6.07) is 16.4. The van der Waals surface area contributed by atoms with Crippen molar-refractivity contribution >= 4 is 45.2 Å². The second kappa shape index (κ2) is 6.31. The molecule has 0 bridgehead atoms. The summed E-state index contributed by atoms with van der Waals surface area (Å²) in [5, 5.41) is 0.929. The van der Waals surface area contributed by atoms with Crippen LogP contribution in [-0.4, -0.2) is 23.3 Å². The molecule has 3 rings (SSSR count). The van der Waals surface area contributed by atoms with E-state index in [0.29, 0.717) is 11.3 Å². The van der Waals surface area contributed by atoms with Crippen LogP contribution in [-0.2, 0) is 4.74 Å². The number of aromatic amines is 1. The molecule has 0 amide bonds. The molecule has 0 aliphatic rings. The highest BCUT2D eigenvalue weighted by Gasteiger charge is 2.13. The van der Waals surface area contributed by atoms with Crippen LogP contribution in [0.3, 0.4) is 0 Å². The van der Waals surface area contributed by atoms with Gasteiger partial charge in [0.25, 0.3) is 0 Å². The minimum atomic E-state index is -0.532. The van der Waals surface area contributed by atoms with E-state index in [1.807, 2.05) is 36.4 Å². The first-order chi connectivity index (χ1) is 10.6. The van der Waals surface area contributed by atoms with Crippen molar-refractivity contribution in [3.8, 4) is 0 Å². The summed E-state index contributed by atoms with van der Waals surface area (Å²) in [5.41, 5.74) is 1.74. The average Bonchev–Trinajstić information content (AvgIpc) is 2.97. The number of ether oxygens (including phenoxy) is 1.